The zero-order valence-corrected chi connectivity index (χ0v) is 11.5. The van der Waals surface area contributed by atoms with Crippen molar-refractivity contribution in [2.24, 2.45) is 0 Å². The van der Waals surface area contributed by atoms with Crippen molar-refractivity contribution in [3.8, 4) is 0 Å². The van der Waals surface area contributed by atoms with Crippen LogP contribution in [-0.4, -0.2) is 31.1 Å². The van der Waals surface area contributed by atoms with E-state index in [0.29, 0.717) is 6.07 Å². The predicted octanol–water partition coefficient (Wildman–Crippen LogP) is 2.93. The van der Waals surface area contributed by atoms with E-state index in [1.165, 1.54) is 0 Å². The van der Waals surface area contributed by atoms with Crippen LogP contribution in [0, 0.1) is 17.5 Å². The standard InChI is InChI=1S/C14H21F3N2/c1-3-19(4-2)7-5-6-18-10-11-8-13(16)14(17)9-12(11)15/h8-9,18H,3-7,10H2,1-2H3. The summed E-state index contributed by atoms with van der Waals surface area (Å²) in [6.45, 7) is 8.13. The summed E-state index contributed by atoms with van der Waals surface area (Å²) in [6.07, 6.45) is 0.937. The fraction of sp³-hybridized carbons (Fsp3) is 0.571. The average molecular weight is 274 g/mol. The first kappa shape index (κ1) is 16.0. The summed E-state index contributed by atoms with van der Waals surface area (Å²) in [6, 6.07) is 1.49. The molecule has 1 aromatic rings. The van der Waals surface area contributed by atoms with Crippen molar-refractivity contribution in [2.75, 3.05) is 26.2 Å². The van der Waals surface area contributed by atoms with E-state index < -0.39 is 17.5 Å². The number of rotatable bonds is 8. The highest BCUT2D eigenvalue weighted by Crippen LogP contribution is 2.13. The SMILES string of the molecule is CCN(CC)CCCNCc1cc(F)c(F)cc1F. The Bertz CT molecular complexity index is 393. The second kappa shape index (κ2) is 8.17. The van der Waals surface area contributed by atoms with Gasteiger partial charge in [-0.05, 0) is 38.7 Å². The average Bonchev–Trinajstić information content (AvgIpc) is 2.39. The Morgan fingerprint density at radius 3 is 2.26 bits per heavy atom. The van der Waals surface area contributed by atoms with Crippen molar-refractivity contribution in [3.63, 3.8) is 0 Å². The normalized spacial score (nSPS) is 11.3. The molecule has 0 atom stereocenters. The van der Waals surface area contributed by atoms with E-state index in [1.807, 2.05) is 0 Å². The quantitative estimate of drug-likeness (QED) is 0.579. The molecule has 0 fully saturated rings. The Labute approximate surface area is 112 Å². The molecule has 0 bridgehead atoms. The zero-order chi connectivity index (χ0) is 14.3. The molecule has 1 N–H and O–H groups in total. The van der Waals surface area contributed by atoms with Crippen molar-refractivity contribution >= 4 is 0 Å². The molecular weight excluding hydrogens is 253 g/mol. The van der Waals surface area contributed by atoms with Gasteiger partial charge in [0.2, 0.25) is 0 Å². The third-order valence-electron chi connectivity index (χ3n) is 3.13. The van der Waals surface area contributed by atoms with E-state index in [2.05, 4.69) is 24.1 Å². The van der Waals surface area contributed by atoms with Gasteiger partial charge in [-0.3, -0.25) is 0 Å². The zero-order valence-electron chi connectivity index (χ0n) is 11.5. The molecule has 1 rings (SSSR count). The lowest BCUT2D eigenvalue weighted by molar-refractivity contribution is 0.298. The molecule has 0 aliphatic carbocycles. The minimum atomic E-state index is -1.15. The fourth-order valence-corrected chi connectivity index (χ4v) is 1.89. The molecular formula is C14H21F3N2. The molecule has 0 unspecified atom stereocenters. The van der Waals surface area contributed by atoms with Gasteiger partial charge in [-0.2, -0.15) is 0 Å². The molecule has 108 valence electrons. The third kappa shape index (κ3) is 5.20. The molecule has 2 nitrogen and oxygen atoms in total. The second-order valence-electron chi connectivity index (χ2n) is 4.41. The summed E-state index contributed by atoms with van der Waals surface area (Å²) in [5.74, 6) is -2.88. The first-order valence-electron chi connectivity index (χ1n) is 6.65. The van der Waals surface area contributed by atoms with Gasteiger partial charge in [-0.1, -0.05) is 13.8 Å². The molecule has 1 aromatic carbocycles. The van der Waals surface area contributed by atoms with E-state index >= 15 is 0 Å². The van der Waals surface area contributed by atoms with Crippen molar-refractivity contribution in [2.45, 2.75) is 26.8 Å². The van der Waals surface area contributed by atoms with Crippen LogP contribution in [0.5, 0.6) is 0 Å². The van der Waals surface area contributed by atoms with Gasteiger partial charge in [0.05, 0.1) is 0 Å². The van der Waals surface area contributed by atoms with Crippen LogP contribution in [0.3, 0.4) is 0 Å². The van der Waals surface area contributed by atoms with Gasteiger partial charge in [0.15, 0.2) is 11.6 Å². The molecule has 0 radical (unpaired) electrons. The monoisotopic (exact) mass is 274 g/mol. The lowest BCUT2D eigenvalue weighted by Gasteiger charge is -2.17. The van der Waals surface area contributed by atoms with E-state index in [1.54, 1.807) is 0 Å². The predicted molar refractivity (Wildman–Crippen MR) is 70.4 cm³/mol. The van der Waals surface area contributed by atoms with Crippen LogP contribution >= 0.6 is 0 Å². The van der Waals surface area contributed by atoms with E-state index in [-0.39, 0.29) is 12.1 Å². The number of halogens is 3. The number of hydrogen-bond acceptors (Lipinski definition) is 2. The highest BCUT2D eigenvalue weighted by molar-refractivity contribution is 5.19. The van der Waals surface area contributed by atoms with Gasteiger partial charge >= 0.3 is 0 Å². The highest BCUT2D eigenvalue weighted by Gasteiger charge is 2.09. The molecule has 0 saturated heterocycles. The molecule has 0 heterocycles. The summed E-state index contributed by atoms with van der Waals surface area (Å²) < 4.78 is 39.0. The fourth-order valence-electron chi connectivity index (χ4n) is 1.89. The molecule has 0 aromatic heterocycles. The van der Waals surface area contributed by atoms with Crippen LogP contribution in [0.4, 0.5) is 13.2 Å². The van der Waals surface area contributed by atoms with Crippen molar-refractivity contribution < 1.29 is 13.2 Å². The smallest absolute Gasteiger partial charge is 0.161 e. The van der Waals surface area contributed by atoms with Crippen molar-refractivity contribution in [1.29, 1.82) is 0 Å². The molecule has 5 heteroatoms. The lowest BCUT2D eigenvalue weighted by atomic mass is 10.2. The Morgan fingerprint density at radius 2 is 1.63 bits per heavy atom. The summed E-state index contributed by atoms with van der Waals surface area (Å²) in [7, 11) is 0. The van der Waals surface area contributed by atoms with Crippen LogP contribution < -0.4 is 5.32 Å². The number of nitrogens with one attached hydrogen (secondary N) is 1. The largest absolute Gasteiger partial charge is 0.313 e. The van der Waals surface area contributed by atoms with Gasteiger partial charge in [-0.25, -0.2) is 13.2 Å². The van der Waals surface area contributed by atoms with E-state index in [9.17, 15) is 13.2 Å². The van der Waals surface area contributed by atoms with E-state index in [4.69, 9.17) is 0 Å². The molecule has 0 spiro atoms. The molecule has 0 amide bonds. The van der Waals surface area contributed by atoms with E-state index in [0.717, 1.165) is 38.7 Å². The van der Waals surface area contributed by atoms with Crippen LogP contribution in [0.2, 0.25) is 0 Å². The van der Waals surface area contributed by atoms with Gasteiger partial charge in [0, 0.05) is 18.2 Å². The van der Waals surface area contributed by atoms with Crippen LogP contribution in [0.1, 0.15) is 25.8 Å². The number of nitrogens with zero attached hydrogens (tertiary/aromatic N) is 1. The maximum absolute atomic E-state index is 13.3. The first-order chi connectivity index (χ1) is 9.08. The van der Waals surface area contributed by atoms with Crippen LogP contribution in [0.15, 0.2) is 12.1 Å². The Balaban J connectivity index is 2.32. The maximum Gasteiger partial charge on any atom is 0.161 e. The third-order valence-corrected chi connectivity index (χ3v) is 3.13. The summed E-state index contributed by atoms with van der Waals surface area (Å²) in [5.41, 5.74) is 0.154. The first-order valence-corrected chi connectivity index (χ1v) is 6.65. The number of hydrogen-bond donors (Lipinski definition) is 1. The Hall–Kier alpha value is -1.07. The second-order valence-corrected chi connectivity index (χ2v) is 4.41. The van der Waals surface area contributed by atoms with Gasteiger partial charge in [-0.15, -0.1) is 0 Å². The summed E-state index contributed by atoms with van der Waals surface area (Å²) in [4.78, 5) is 2.29. The van der Waals surface area contributed by atoms with Gasteiger partial charge < -0.3 is 10.2 Å². The van der Waals surface area contributed by atoms with Crippen LogP contribution in [-0.2, 0) is 6.54 Å². The number of benzene rings is 1. The highest BCUT2D eigenvalue weighted by atomic mass is 19.2. The molecule has 0 aliphatic rings. The van der Waals surface area contributed by atoms with Gasteiger partial charge in [0.25, 0.3) is 0 Å². The molecule has 19 heavy (non-hydrogen) atoms. The minimum absolute atomic E-state index is 0.154. The van der Waals surface area contributed by atoms with Crippen molar-refractivity contribution in [1.82, 2.24) is 10.2 Å². The Kier molecular flexibility index (Phi) is 6.87. The Morgan fingerprint density at radius 1 is 1.00 bits per heavy atom. The van der Waals surface area contributed by atoms with Crippen molar-refractivity contribution in [3.05, 3.63) is 35.1 Å². The lowest BCUT2D eigenvalue weighted by Crippen LogP contribution is -2.27. The topological polar surface area (TPSA) is 15.3 Å². The molecule has 0 saturated carbocycles. The van der Waals surface area contributed by atoms with Gasteiger partial charge in [0.1, 0.15) is 5.82 Å². The molecule has 0 aliphatic heterocycles. The van der Waals surface area contributed by atoms with Crippen LogP contribution in [0.25, 0.3) is 0 Å². The maximum atomic E-state index is 13.3. The minimum Gasteiger partial charge on any atom is -0.313 e. The summed E-state index contributed by atoms with van der Waals surface area (Å²) >= 11 is 0. The summed E-state index contributed by atoms with van der Waals surface area (Å²) in [5, 5.41) is 3.04.